The molecule has 5 nitrogen and oxygen atoms in total. The Balaban J connectivity index is 0.000000187. The Morgan fingerprint density at radius 1 is 1.17 bits per heavy atom. The molecule has 0 saturated heterocycles. The van der Waals surface area contributed by atoms with Crippen molar-refractivity contribution in [2.45, 2.75) is 13.0 Å². The Hall–Kier alpha value is -2.34. The first-order valence-corrected chi connectivity index (χ1v) is 8.38. The van der Waals surface area contributed by atoms with Crippen LogP contribution in [0, 0.1) is 0 Å². The first-order chi connectivity index (χ1) is 11.6. The maximum Gasteiger partial charge on any atom is 0.337 e. The highest BCUT2D eigenvalue weighted by Crippen LogP contribution is 2.20. The fourth-order valence-electron chi connectivity index (χ4n) is 1.68. The molecular formula is C18H20BrNO4. The molecule has 0 aliphatic carbocycles. The van der Waals surface area contributed by atoms with E-state index in [1.165, 1.54) is 12.7 Å². The topological polar surface area (TPSA) is 78.6 Å². The molecule has 1 heterocycles. The number of methoxy groups -OCH3 is 1. The molecule has 0 aromatic heterocycles. The number of carbonyl (C=O) groups excluding carboxylic acids is 2. The molecule has 0 atom stereocenters. The minimum atomic E-state index is -0.291. The first-order valence-electron chi connectivity index (χ1n) is 7.26. The second kappa shape index (κ2) is 11.2. The highest BCUT2D eigenvalue weighted by atomic mass is 79.9. The number of esters is 1. The number of carbonyl (C=O) groups is 2. The van der Waals surface area contributed by atoms with Gasteiger partial charge in [-0.1, -0.05) is 46.3 Å². The van der Waals surface area contributed by atoms with Gasteiger partial charge in [-0.05, 0) is 29.8 Å². The summed E-state index contributed by atoms with van der Waals surface area (Å²) in [5, 5.41) is 0.669. The van der Waals surface area contributed by atoms with Crippen molar-refractivity contribution >= 4 is 27.8 Å². The third kappa shape index (κ3) is 7.78. The molecule has 1 amide bonds. The second-order valence-corrected chi connectivity index (χ2v) is 5.49. The smallest absolute Gasteiger partial charge is 0.337 e. The zero-order chi connectivity index (χ0) is 17.8. The first kappa shape index (κ1) is 19.7. The van der Waals surface area contributed by atoms with Crippen LogP contribution in [0.2, 0.25) is 0 Å². The van der Waals surface area contributed by atoms with Gasteiger partial charge in [0.15, 0.2) is 0 Å². The summed E-state index contributed by atoms with van der Waals surface area (Å²) in [5.41, 5.74) is 6.60. The quantitative estimate of drug-likeness (QED) is 0.640. The van der Waals surface area contributed by atoms with E-state index in [1.807, 2.05) is 18.2 Å². The van der Waals surface area contributed by atoms with E-state index in [4.69, 9.17) is 10.5 Å². The molecule has 0 unspecified atom stereocenters. The lowest BCUT2D eigenvalue weighted by Gasteiger charge is -1.95. The van der Waals surface area contributed by atoms with E-state index in [0.29, 0.717) is 17.3 Å². The van der Waals surface area contributed by atoms with Crippen molar-refractivity contribution in [2.75, 3.05) is 12.4 Å². The minimum Gasteiger partial charge on any atom is -0.489 e. The van der Waals surface area contributed by atoms with Crippen LogP contribution >= 0.6 is 15.9 Å². The van der Waals surface area contributed by atoms with Crippen LogP contribution in [-0.2, 0) is 16.1 Å². The summed E-state index contributed by atoms with van der Waals surface area (Å²) < 4.78 is 9.68. The van der Waals surface area contributed by atoms with Crippen LogP contribution in [0.3, 0.4) is 0 Å². The van der Waals surface area contributed by atoms with Gasteiger partial charge in [0.05, 0.1) is 12.7 Å². The molecule has 0 spiro atoms. The zero-order valence-electron chi connectivity index (χ0n) is 13.4. The number of alkyl halides is 1. The van der Waals surface area contributed by atoms with E-state index in [9.17, 15) is 9.59 Å². The third-order valence-electron chi connectivity index (χ3n) is 2.84. The summed E-state index contributed by atoms with van der Waals surface area (Å²) in [6.07, 6.45) is 0.431. The fourth-order valence-corrected chi connectivity index (χ4v) is 2.07. The van der Waals surface area contributed by atoms with Crippen molar-refractivity contribution in [2.24, 2.45) is 5.73 Å². The summed E-state index contributed by atoms with van der Waals surface area (Å²) in [6, 6.07) is 17.0. The number of ether oxygens (including phenoxy) is 2. The van der Waals surface area contributed by atoms with Crippen LogP contribution < -0.4 is 10.5 Å². The Morgan fingerprint density at radius 3 is 2.33 bits per heavy atom. The average Bonchev–Trinajstić information content (AvgIpc) is 2.94. The van der Waals surface area contributed by atoms with Gasteiger partial charge in [-0.3, -0.25) is 4.79 Å². The Morgan fingerprint density at radius 2 is 1.88 bits per heavy atom. The molecule has 3 rings (SSSR count). The van der Waals surface area contributed by atoms with E-state index in [2.05, 4.69) is 32.8 Å². The Kier molecular flexibility index (Phi) is 9.23. The van der Waals surface area contributed by atoms with E-state index in [1.54, 1.807) is 24.3 Å². The van der Waals surface area contributed by atoms with Crippen molar-refractivity contribution in [1.29, 1.82) is 0 Å². The van der Waals surface area contributed by atoms with Gasteiger partial charge in [0.25, 0.3) is 0 Å². The van der Waals surface area contributed by atoms with Crippen LogP contribution in [0.5, 0.6) is 5.75 Å². The SMILES string of the molecule is COC(=O)c1ccccc1.NC(=O)CCBr.c1cc2cc(c1)OC2. The number of amides is 1. The van der Waals surface area contributed by atoms with Gasteiger partial charge in [0.1, 0.15) is 12.4 Å². The van der Waals surface area contributed by atoms with Crippen LogP contribution in [0.25, 0.3) is 0 Å². The van der Waals surface area contributed by atoms with Gasteiger partial charge < -0.3 is 15.2 Å². The second-order valence-electron chi connectivity index (χ2n) is 4.70. The molecule has 2 aromatic carbocycles. The summed E-state index contributed by atoms with van der Waals surface area (Å²) in [4.78, 5) is 20.6. The van der Waals surface area contributed by atoms with E-state index < -0.39 is 0 Å². The molecule has 0 saturated carbocycles. The van der Waals surface area contributed by atoms with E-state index in [0.717, 1.165) is 12.4 Å². The van der Waals surface area contributed by atoms with Crippen LogP contribution in [0.4, 0.5) is 0 Å². The molecular weight excluding hydrogens is 374 g/mol. The molecule has 2 N–H and O–H groups in total. The molecule has 0 fully saturated rings. The average molecular weight is 394 g/mol. The van der Waals surface area contributed by atoms with Crippen molar-refractivity contribution in [3.8, 4) is 5.75 Å². The highest BCUT2D eigenvalue weighted by Gasteiger charge is 2.03. The summed E-state index contributed by atoms with van der Waals surface area (Å²) in [7, 11) is 1.37. The molecule has 0 radical (unpaired) electrons. The van der Waals surface area contributed by atoms with Gasteiger partial charge in [0.2, 0.25) is 5.91 Å². The molecule has 1 aliphatic rings. The predicted octanol–water partition coefficient (Wildman–Crippen LogP) is 3.31. The lowest BCUT2D eigenvalue weighted by molar-refractivity contribution is -0.117. The summed E-state index contributed by atoms with van der Waals surface area (Å²) >= 11 is 3.05. The van der Waals surface area contributed by atoms with Crippen LogP contribution in [0.15, 0.2) is 54.6 Å². The number of nitrogens with two attached hydrogens (primary N) is 1. The van der Waals surface area contributed by atoms with Gasteiger partial charge in [-0.15, -0.1) is 0 Å². The molecule has 128 valence electrons. The Bertz CT molecular complexity index is 627. The standard InChI is InChI=1S/C8H8O2.C7H6O.C3H6BrNO/c1-10-8(9)7-5-3-2-4-6-7;1-2-6-4-7(3-1)8-5-6;4-2-1-3(5)6/h2-6H,1H3;1-4H,5H2;1-2H2,(H2,5,6). The highest BCUT2D eigenvalue weighted by molar-refractivity contribution is 9.09. The minimum absolute atomic E-state index is 0.258. The normalized spacial score (nSPS) is 10.2. The fraction of sp³-hybridized carbons (Fsp3) is 0.222. The maximum atomic E-state index is 10.8. The van der Waals surface area contributed by atoms with Gasteiger partial charge in [-0.2, -0.15) is 0 Å². The lowest BCUT2D eigenvalue weighted by Crippen LogP contribution is -2.09. The number of fused-ring (bicyclic) bond motifs is 2. The summed E-state index contributed by atoms with van der Waals surface area (Å²) in [6.45, 7) is 0.766. The van der Waals surface area contributed by atoms with Crippen molar-refractivity contribution in [1.82, 2.24) is 0 Å². The monoisotopic (exact) mass is 393 g/mol. The number of benzene rings is 2. The molecule has 2 aromatic rings. The van der Waals surface area contributed by atoms with Crippen molar-refractivity contribution in [3.63, 3.8) is 0 Å². The number of rotatable bonds is 3. The lowest BCUT2D eigenvalue weighted by atomic mass is 10.2. The zero-order valence-corrected chi connectivity index (χ0v) is 15.0. The van der Waals surface area contributed by atoms with Crippen LogP contribution in [-0.4, -0.2) is 24.3 Å². The predicted molar refractivity (Wildman–Crippen MR) is 96.2 cm³/mol. The third-order valence-corrected chi connectivity index (χ3v) is 3.24. The Labute approximate surface area is 149 Å². The summed E-state index contributed by atoms with van der Waals surface area (Å²) in [5.74, 6) is 0.454. The van der Waals surface area contributed by atoms with E-state index in [-0.39, 0.29) is 11.9 Å². The van der Waals surface area contributed by atoms with Gasteiger partial charge in [0, 0.05) is 11.8 Å². The number of hydrogen-bond acceptors (Lipinski definition) is 4. The number of halogens is 1. The molecule has 6 heteroatoms. The number of primary amides is 1. The molecule has 2 bridgehead atoms. The van der Waals surface area contributed by atoms with Crippen LogP contribution in [0.1, 0.15) is 22.3 Å². The van der Waals surface area contributed by atoms with E-state index >= 15 is 0 Å². The largest absolute Gasteiger partial charge is 0.489 e. The molecule has 1 aliphatic heterocycles. The van der Waals surface area contributed by atoms with Gasteiger partial charge >= 0.3 is 5.97 Å². The number of hydrogen-bond donors (Lipinski definition) is 1. The maximum absolute atomic E-state index is 10.8. The van der Waals surface area contributed by atoms with Gasteiger partial charge in [-0.25, -0.2) is 4.79 Å². The van der Waals surface area contributed by atoms with Crippen molar-refractivity contribution in [3.05, 3.63) is 65.7 Å². The van der Waals surface area contributed by atoms with Crippen molar-refractivity contribution < 1.29 is 19.1 Å². The molecule has 24 heavy (non-hydrogen) atoms.